The minimum absolute atomic E-state index is 0.0358. The van der Waals surface area contributed by atoms with E-state index in [9.17, 15) is 18.0 Å². The molecule has 11 heteroatoms. The number of rotatable bonds is 10. The van der Waals surface area contributed by atoms with Gasteiger partial charge in [0.2, 0.25) is 21.8 Å². The summed E-state index contributed by atoms with van der Waals surface area (Å²) in [5.74, 6) is -0.586. The maximum absolute atomic E-state index is 13.3. The number of benzene rings is 2. The van der Waals surface area contributed by atoms with Gasteiger partial charge >= 0.3 is 0 Å². The summed E-state index contributed by atoms with van der Waals surface area (Å²) in [6.45, 7) is 7.47. The SMILES string of the molecule is C[C@@H](C(=O)NC(C)(C)C)N(Cc1ccc(Cl)c(Cl)c1)C(=O)CCCN(c1ccc(Cl)cc1)S(C)(=O)=O. The molecule has 2 rings (SSSR count). The number of anilines is 1. The van der Waals surface area contributed by atoms with Gasteiger partial charge in [0.25, 0.3) is 0 Å². The molecule has 0 aromatic heterocycles. The minimum atomic E-state index is -3.58. The summed E-state index contributed by atoms with van der Waals surface area (Å²) in [6.07, 6.45) is 1.40. The molecule has 0 aliphatic heterocycles. The molecular formula is C25H32Cl3N3O4S. The Morgan fingerprint density at radius 2 is 1.61 bits per heavy atom. The third-order valence-corrected chi connectivity index (χ3v) is 7.45. The third-order valence-electron chi connectivity index (χ3n) is 5.27. The average Bonchev–Trinajstić information content (AvgIpc) is 2.75. The number of nitrogens with one attached hydrogen (secondary N) is 1. The van der Waals surface area contributed by atoms with Crippen molar-refractivity contribution in [2.24, 2.45) is 0 Å². The van der Waals surface area contributed by atoms with Crippen molar-refractivity contribution in [3.63, 3.8) is 0 Å². The maximum atomic E-state index is 13.3. The van der Waals surface area contributed by atoms with E-state index in [1.165, 1.54) is 9.21 Å². The highest BCUT2D eigenvalue weighted by Crippen LogP contribution is 2.25. The summed E-state index contributed by atoms with van der Waals surface area (Å²) in [7, 11) is -3.58. The fraction of sp³-hybridized carbons (Fsp3) is 0.440. The van der Waals surface area contributed by atoms with Crippen LogP contribution in [0.1, 0.15) is 46.1 Å². The van der Waals surface area contributed by atoms with Gasteiger partial charge in [-0.3, -0.25) is 13.9 Å². The molecule has 0 heterocycles. The molecule has 1 N–H and O–H groups in total. The zero-order valence-electron chi connectivity index (χ0n) is 21.0. The molecule has 0 unspecified atom stereocenters. The van der Waals surface area contributed by atoms with Crippen LogP contribution in [-0.4, -0.2) is 49.5 Å². The molecule has 2 aromatic rings. The fourth-order valence-electron chi connectivity index (χ4n) is 3.50. The summed E-state index contributed by atoms with van der Waals surface area (Å²) in [4.78, 5) is 27.7. The third kappa shape index (κ3) is 9.14. The van der Waals surface area contributed by atoms with Crippen LogP contribution in [0.3, 0.4) is 0 Å². The Morgan fingerprint density at radius 1 is 1.00 bits per heavy atom. The van der Waals surface area contributed by atoms with E-state index in [2.05, 4.69) is 5.32 Å². The largest absolute Gasteiger partial charge is 0.350 e. The van der Waals surface area contributed by atoms with Crippen molar-refractivity contribution in [3.8, 4) is 0 Å². The molecule has 0 aliphatic rings. The summed E-state index contributed by atoms with van der Waals surface area (Å²) >= 11 is 18.1. The molecule has 0 saturated carbocycles. The lowest BCUT2D eigenvalue weighted by molar-refractivity contribution is -0.141. The molecule has 198 valence electrons. The Hall–Kier alpha value is -2.00. The van der Waals surface area contributed by atoms with Gasteiger partial charge in [-0.05, 0) is 76.1 Å². The van der Waals surface area contributed by atoms with Crippen LogP contribution < -0.4 is 9.62 Å². The highest BCUT2D eigenvalue weighted by Gasteiger charge is 2.28. The van der Waals surface area contributed by atoms with Gasteiger partial charge in [0, 0.05) is 30.1 Å². The molecule has 0 saturated heterocycles. The first kappa shape index (κ1) is 30.2. The lowest BCUT2D eigenvalue weighted by Crippen LogP contribution is -2.52. The number of hydrogen-bond donors (Lipinski definition) is 1. The summed E-state index contributed by atoms with van der Waals surface area (Å²) < 4.78 is 26.0. The summed E-state index contributed by atoms with van der Waals surface area (Å²) in [6, 6.07) is 10.7. The van der Waals surface area contributed by atoms with Gasteiger partial charge in [0.15, 0.2) is 0 Å². The van der Waals surface area contributed by atoms with Gasteiger partial charge in [-0.25, -0.2) is 8.42 Å². The topological polar surface area (TPSA) is 86.8 Å². The van der Waals surface area contributed by atoms with Crippen molar-refractivity contribution in [2.45, 2.75) is 58.7 Å². The van der Waals surface area contributed by atoms with Gasteiger partial charge in [-0.2, -0.15) is 0 Å². The zero-order valence-corrected chi connectivity index (χ0v) is 24.1. The fourth-order valence-corrected chi connectivity index (χ4v) is 4.91. The van der Waals surface area contributed by atoms with Crippen molar-refractivity contribution in [2.75, 3.05) is 17.1 Å². The second-order valence-electron chi connectivity index (χ2n) is 9.60. The number of carbonyl (C=O) groups excluding carboxylic acids is 2. The van der Waals surface area contributed by atoms with Crippen molar-refractivity contribution < 1.29 is 18.0 Å². The van der Waals surface area contributed by atoms with E-state index in [1.807, 2.05) is 20.8 Å². The number of hydrogen-bond acceptors (Lipinski definition) is 4. The first-order chi connectivity index (χ1) is 16.6. The van der Waals surface area contributed by atoms with E-state index in [4.69, 9.17) is 34.8 Å². The monoisotopic (exact) mass is 575 g/mol. The lowest BCUT2D eigenvalue weighted by Gasteiger charge is -2.32. The number of nitrogens with zero attached hydrogens (tertiary/aromatic N) is 2. The molecule has 36 heavy (non-hydrogen) atoms. The highest BCUT2D eigenvalue weighted by atomic mass is 35.5. The van der Waals surface area contributed by atoms with Crippen molar-refractivity contribution in [3.05, 3.63) is 63.1 Å². The zero-order chi connectivity index (χ0) is 27.3. The first-order valence-corrected chi connectivity index (χ1v) is 14.4. The van der Waals surface area contributed by atoms with E-state index in [0.717, 1.165) is 6.26 Å². The Morgan fingerprint density at radius 3 is 2.14 bits per heavy atom. The smallest absolute Gasteiger partial charge is 0.242 e. The Balaban J connectivity index is 2.21. The quantitative estimate of drug-likeness (QED) is 0.403. The molecule has 1 atom stereocenters. The van der Waals surface area contributed by atoms with Crippen LogP contribution in [0.15, 0.2) is 42.5 Å². The van der Waals surface area contributed by atoms with Crippen molar-refractivity contribution in [1.82, 2.24) is 10.2 Å². The van der Waals surface area contributed by atoms with Gasteiger partial charge in [0.05, 0.1) is 22.0 Å². The predicted octanol–water partition coefficient (Wildman–Crippen LogP) is 5.53. The molecule has 0 fully saturated rings. The number of sulfonamides is 1. The van der Waals surface area contributed by atoms with E-state index >= 15 is 0 Å². The minimum Gasteiger partial charge on any atom is -0.350 e. The van der Waals surface area contributed by atoms with Gasteiger partial charge in [-0.1, -0.05) is 40.9 Å². The van der Waals surface area contributed by atoms with E-state index in [1.54, 1.807) is 49.4 Å². The van der Waals surface area contributed by atoms with Gasteiger partial charge in [-0.15, -0.1) is 0 Å². The van der Waals surface area contributed by atoms with Crippen LogP contribution in [0.2, 0.25) is 15.1 Å². The van der Waals surface area contributed by atoms with Crippen LogP contribution >= 0.6 is 34.8 Å². The second kappa shape index (κ2) is 12.5. The van der Waals surface area contributed by atoms with Crippen LogP contribution in [0, 0.1) is 0 Å². The molecule has 2 amide bonds. The van der Waals surface area contributed by atoms with Crippen LogP contribution in [0.4, 0.5) is 5.69 Å². The molecule has 0 spiro atoms. The van der Waals surface area contributed by atoms with Crippen molar-refractivity contribution >= 4 is 62.3 Å². The van der Waals surface area contributed by atoms with Gasteiger partial charge < -0.3 is 10.2 Å². The molecule has 7 nitrogen and oxygen atoms in total. The van der Waals surface area contributed by atoms with Crippen LogP contribution in [-0.2, 0) is 26.2 Å². The summed E-state index contributed by atoms with van der Waals surface area (Å²) in [5, 5.41) is 4.13. The average molecular weight is 577 g/mol. The van der Waals surface area contributed by atoms with Crippen LogP contribution in [0.25, 0.3) is 0 Å². The van der Waals surface area contributed by atoms with E-state index in [0.29, 0.717) is 26.3 Å². The maximum Gasteiger partial charge on any atom is 0.242 e. The second-order valence-corrected chi connectivity index (χ2v) is 12.8. The Bertz CT molecular complexity index is 1180. The first-order valence-electron chi connectivity index (χ1n) is 11.4. The number of halogens is 3. The Kier molecular flexibility index (Phi) is 10.5. The summed E-state index contributed by atoms with van der Waals surface area (Å²) in [5.41, 5.74) is 0.699. The molecule has 0 aliphatic carbocycles. The van der Waals surface area contributed by atoms with Gasteiger partial charge in [0.1, 0.15) is 6.04 Å². The molecule has 2 aromatic carbocycles. The molecular weight excluding hydrogens is 545 g/mol. The Labute approximate surface area is 228 Å². The lowest BCUT2D eigenvalue weighted by atomic mass is 10.1. The van der Waals surface area contributed by atoms with E-state index < -0.39 is 21.6 Å². The predicted molar refractivity (Wildman–Crippen MR) is 147 cm³/mol. The highest BCUT2D eigenvalue weighted by molar-refractivity contribution is 7.92. The molecule has 0 bridgehead atoms. The standard InChI is InChI=1S/C25H32Cl3N3O4S/c1-17(24(33)29-25(2,3)4)30(16-18-8-13-21(27)22(28)15-18)23(32)7-6-14-31(36(5,34)35)20-11-9-19(26)10-12-20/h8-13,15,17H,6-7,14,16H2,1-5H3,(H,29,33)/t17-/m0/s1. The van der Waals surface area contributed by atoms with Crippen LogP contribution in [0.5, 0.6) is 0 Å². The van der Waals surface area contributed by atoms with E-state index in [-0.39, 0.29) is 37.7 Å². The number of amides is 2. The number of carbonyl (C=O) groups is 2. The molecule has 0 radical (unpaired) electrons. The normalized spacial score (nSPS) is 12.7. The van der Waals surface area contributed by atoms with Crippen molar-refractivity contribution in [1.29, 1.82) is 0 Å².